The van der Waals surface area contributed by atoms with Crippen molar-refractivity contribution >= 4 is 30.1 Å². The van der Waals surface area contributed by atoms with Crippen LogP contribution in [0.1, 0.15) is 60.8 Å². The van der Waals surface area contributed by atoms with Gasteiger partial charge in [-0.25, -0.2) is 9.59 Å². The van der Waals surface area contributed by atoms with Gasteiger partial charge in [-0.3, -0.25) is 9.59 Å². The minimum atomic E-state index is -1.08. The van der Waals surface area contributed by atoms with E-state index in [0.717, 1.165) is 19.5 Å². The zero-order chi connectivity index (χ0) is 36.4. The van der Waals surface area contributed by atoms with Crippen molar-refractivity contribution in [1.29, 1.82) is 0 Å². The molecule has 0 aromatic rings. The molecule has 6 saturated heterocycles. The van der Waals surface area contributed by atoms with Crippen LogP contribution in [0.4, 0.5) is 9.59 Å². The van der Waals surface area contributed by atoms with E-state index in [1.54, 1.807) is 25.7 Å². The van der Waals surface area contributed by atoms with Crippen molar-refractivity contribution in [3.8, 4) is 0 Å². The van der Waals surface area contributed by atoms with Gasteiger partial charge in [0.15, 0.2) is 0 Å². The average Bonchev–Trinajstić information content (AvgIpc) is 3.70. The fraction of sp³-hybridized carbons (Fsp3) is 0.848. The van der Waals surface area contributed by atoms with Gasteiger partial charge >= 0.3 is 53.7 Å². The van der Waals surface area contributed by atoms with Crippen LogP contribution in [0, 0.1) is 17.8 Å². The molecule has 16 nitrogen and oxygen atoms in total. The summed E-state index contributed by atoms with van der Waals surface area (Å²) in [5.41, 5.74) is -1.94. The van der Waals surface area contributed by atoms with Gasteiger partial charge in [0.1, 0.15) is 22.4 Å². The Morgan fingerprint density at radius 2 is 0.980 bits per heavy atom. The Bertz CT molecular complexity index is 1250. The summed E-state index contributed by atoms with van der Waals surface area (Å²) in [6.07, 6.45) is 1.12. The fourth-order valence-corrected chi connectivity index (χ4v) is 6.62. The third-order valence-electron chi connectivity index (χ3n) is 9.14. The number of methoxy groups -OCH3 is 2. The van der Waals surface area contributed by atoms with Gasteiger partial charge in [-0.1, -0.05) is 0 Å². The number of hydrogen-bond donors (Lipinski definition) is 1. The SMILES string of the molecule is CC(C)(C)OC(=O)N1CC2(CC(C(=O)[O-])CO2)C1.COC(=O)C1COC2(C1)CN(C(=O)OC(C)(C)C)C2.COC(=O)C1COC2(CNC2)C1.[Na+]. The summed E-state index contributed by atoms with van der Waals surface area (Å²) in [6, 6.07) is 0. The van der Waals surface area contributed by atoms with Crippen LogP contribution in [0.5, 0.6) is 0 Å². The Morgan fingerprint density at radius 1 is 0.640 bits per heavy atom. The summed E-state index contributed by atoms with van der Waals surface area (Å²) < 4.78 is 36.6. The summed E-state index contributed by atoms with van der Waals surface area (Å²) in [7, 11) is 2.80. The monoisotopic (exact) mass is 721 g/mol. The second kappa shape index (κ2) is 16.2. The Balaban J connectivity index is 0.000000206. The van der Waals surface area contributed by atoms with Gasteiger partial charge in [0.05, 0.1) is 77.7 Å². The molecule has 1 N–H and O–H groups in total. The van der Waals surface area contributed by atoms with Crippen LogP contribution >= 0.6 is 0 Å². The quantitative estimate of drug-likeness (QED) is 0.183. The van der Waals surface area contributed by atoms with Crippen molar-refractivity contribution < 1.29 is 91.8 Å². The topological polar surface area (TPSA) is 192 Å². The normalized spacial score (nSPS) is 26.4. The van der Waals surface area contributed by atoms with E-state index in [1.807, 2.05) is 20.8 Å². The Morgan fingerprint density at radius 3 is 1.26 bits per heavy atom. The van der Waals surface area contributed by atoms with Gasteiger partial charge in [0.2, 0.25) is 0 Å². The van der Waals surface area contributed by atoms with Crippen LogP contribution in [0.25, 0.3) is 0 Å². The molecule has 0 radical (unpaired) electrons. The van der Waals surface area contributed by atoms with Gasteiger partial charge in [0, 0.05) is 25.0 Å². The minimum absolute atomic E-state index is 0. The molecule has 6 aliphatic rings. The summed E-state index contributed by atoms with van der Waals surface area (Å²) in [6.45, 7) is 15.5. The van der Waals surface area contributed by atoms with E-state index in [1.165, 1.54) is 19.1 Å². The summed E-state index contributed by atoms with van der Waals surface area (Å²) in [5.74, 6) is -2.29. The third-order valence-corrected chi connectivity index (χ3v) is 9.14. The molecule has 3 atom stereocenters. The van der Waals surface area contributed by atoms with E-state index in [-0.39, 0.29) is 83.3 Å². The maximum atomic E-state index is 11.8. The van der Waals surface area contributed by atoms with Gasteiger partial charge in [-0.2, -0.15) is 0 Å². The maximum absolute atomic E-state index is 11.8. The molecule has 3 spiro atoms. The average molecular weight is 722 g/mol. The number of esters is 2. The predicted molar refractivity (Wildman–Crippen MR) is 168 cm³/mol. The first-order valence-electron chi connectivity index (χ1n) is 16.7. The number of carbonyl (C=O) groups is 5. The Hall–Kier alpha value is -2.21. The maximum Gasteiger partial charge on any atom is 1.00 e. The number of amides is 2. The Labute approximate surface area is 315 Å². The van der Waals surface area contributed by atoms with Gasteiger partial charge in [0.25, 0.3) is 0 Å². The summed E-state index contributed by atoms with van der Waals surface area (Å²) >= 11 is 0. The van der Waals surface area contributed by atoms with E-state index < -0.39 is 28.7 Å². The number of rotatable bonds is 3. The Kier molecular flexibility index (Phi) is 13.7. The molecular formula is C33H52N3NaO13. The molecule has 50 heavy (non-hydrogen) atoms. The molecule has 0 saturated carbocycles. The van der Waals surface area contributed by atoms with Crippen molar-refractivity contribution in [2.45, 2.75) is 88.8 Å². The van der Waals surface area contributed by atoms with Crippen LogP contribution in [-0.4, -0.2) is 141 Å². The number of hydrogen-bond acceptors (Lipinski definition) is 14. The number of aliphatic carboxylic acids is 1. The standard InChI is InChI=1S/C13H21NO5.C12H19NO5.C8H13NO3.Na/c1-12(2,3)19-11(16)14-7-13(8-14)5-9(6-18-13)10(15)17-4;1-11(2,3)18-10(16)13-6-12(7-13)4-8(5-17-12)9(14)15;1-11-7(10)6-2-8(12-3-6)4-9-5-8;/h9H,5-8H2,1-4H3;8H,4-7H2,1-3H3,(H,14,15);6,9H,2-5H2,1H3;/q;;;+1/p-1. The fourth-order valence-electron chi connectivity index (χ4n) is 6.62. The first-order valence-corrected chi connectivity index (χ1v) is 16.7. The molecule has 0 bridgehead atoms. The van der Waals surface area contributed by atoms with Crippen LogP contribution < -0.4 is 40.0 Å². The predicted octanol–water partition coefficient (Wildman–Crippen LogP) is -2.51. The number of carboxylic acid groups (broad SMARTS) is 1. The van der Waals surface area contributed by atoms with Crippen LogP contribution in [-0.2, 0) is 47.5 Å². The number of nitrogens with one attached hydrogen (secondary N) is 1. The second-order valence-electron chi connectivity index (χ2n) is 15.8. The molecule has 0 aromatic heterocycles. The van der Waals surface area contributed by atoms with Gasteiger partial charge in [-0.15, -0.1) is 0 Å². The molecule has 3 unspecified atom stereocenters. The van der Waals surface area contributed by atoms with Gasteiger partial charge in [-0.05, 0) is 60.8 Å². The molecule has 0 aliphatic carbocycles. The van der Waals surface area contributed by atoms with Crippen LogP contribution in [0.2, 0.25) is 0 Å². The molecular weight excluding hydrogens is 669 g/mol. The van der Waals surface area contributed by atoms with Crippen LogP contribution in [0.15, 0.2) is 0 Å². The van der Waals surface area contributed by atoms with Crippen LogP contribution in [0.3, 0.4) is 0 Å². The number of likely N-dealkylation sites (tertiary alicyclic amines) is 2. The molecule has 6 fully saturated rings. The van der Waals surface area contributed by atoms with E-state index in [0.29, 0.717) is 52.2 Å². The zero-order valence-electron chi connectivity index (χ0n) is 30.9. The number of carbonyl (C=O) groups excluding carboxylic acids is 5. The zero-order valence-corrected chi connectivity index (χ0v) is 32.9. The molecule has 0 aromatic carbocycles. The second-order valence-corrected chi connectivity index (χ2v) is 15.8. The first kappa shape index (κ1) is 42.2. The number of ether oxygens (including phenoxy) is 7. The van der Waals surface area contributed by atoms with Crippen molar-refractivity contribution in [2.75, 3.05) is 73.3 Å². The van der Waals surface area contributed by atoms with E-state index in [9.17, 15) is 29.1 Å². The first-order chi connectivity index (χ1) is 22.7. The van der Waals surface area contributed by atoms with Crippen molar-refractivity contribution in [2.24, 2.45) is 17.8 Å². The molecule has 6 aliphatic heterocycles. The molecule has 2 amide bonds. The summed E-state index contributed by atoms with van der Waals surface area (Å²) in [5, 5.41) is 13.9. The molecule has 17 heteroatoms. The number of carboxylic acids is 1. The smallest absolute Gasteiger partial charge is 0.550 e. The van der Waals surface area contributed by atoms with E-state index in [4.69, 9.17) is 28.4 Å². The van der Waals surface area contributed by atoms with Crippen molar-refractivity contribution in [3.63, 3.8) is 0 Å². The number of nitrogens with zero attached hydrogens (tertiary/aromatic N) is 2. The molecule has 6 heterocycles. The van der Waals surface area contributed by atoms with E-state index in [2.05, 4.69) is 10.1 Å². The van der Waals surface area contributed by atoms with Crippen molar-refractivity contribution in [3.05, 3.63) is 0 Å². The van der Waals surface area contributed by atoms with Crippen molar-refractivity contribution in [1.82, 2.24) is 15.1 Å². The minimum Gasteiger partial charge on any atom is -0.550 e. The van der Waals surface area contributed by atoms with Gasteiger partial charge < -0.3 is 58.2 Å². The largest absolute Gasteiger partial charge is 1.00 e. The molecule has 6 rings (SSSR count). The summed E-state index contributed by atoms with van der Waals surface area (Å²) in [4.78, 5) is 60.0. The van der Waals surface area contributed by atoms with E-state index >= 15 is 0 Å². The molecule has 278 valence electrons. The third kappa shape index (κ3) is 10.7.